The molecule has 3 rings (SSSR count). The summed E-state index contributed by atoms with van der Waals surface area (Å²) in [6.45, 7) is 0.360. The van der Waals surface area contributed by atoms with Gasteiger partial charge in [-0.2, -0.15) is 0 Å². The molecule has 4 nitrogen and oxygen atoms in total. The second kappa shape index (κ2) is 7.07. The van der Waals surface area contributed by atoms with Crippen LogP contribution in [0, 0.1) is 0 Å². The zero-order chi connectivity index (χ0) is 17.1. The van der Waals surface area contributed by atoms with E-state index in [1.807, 2.05) is 18.2 Å². The summed E-state index contributed by atoms with van der Waals surface area (Å²) in [4.78, 5) is 27.4. The van der Waals surface area contributed by atoms with Crippen LogP contribution in [-0.2, 0) is 11.2 Å². The van der Waals surface area contributed by atoms with Gasteiger partial charge in [0.2, 0.25) is 0 Å². The summed E-state index contributed by atoms with van der Waals surface area (Å²) in [7, 11) is 0. The van der Waals surface area contributed by atoms with E-state index in [2.05, 4.69) is 10.3 Å². The van der Waals surface area contributed by atoms with Crippen molar-refractivity contribution in [3.8, 4) is 0 Å². The van der Waals surface area contributed by atoms with Gasteiger partial charge in [0.1, 0.15) is 0 Å². The zero-order valence-corrected chi connectivity index (χ0v) is 14.1. The second-order valence-corrected chi connectivity index (χ2v) is 6.23. The summed E-state index contributed by atoms with van der Waals surface area (Å²) in [5, 5.41) is 4.53. The SMILES string of the molecule is O=C(NCCc1cccc(Cl)c1)C(=O)c1c[nH]c2cc(Cl)ccc12. The van der Waals surface area contributed by atoms with Crippen LogP contribution in [0.4, 0.5) is 0 Å². The van der Waals surface area contributed by atoms with Gasteiger partial charge in [0, 0.05) is 33.7 Å². The molecule has 2 N–H and O–H groups in total. The third-order valence-electron chi connectivity index (χ3n) is 3.68. The van der Waals surface area contributed by atoms with Crippen molar-refractivity contribution in [1.82, 2.24) is 10.3 Å². The summed E-state index contributed by atoms with van der Waals surface area (Å²) in [5.41, 5.74) is 2.05. The Morgan fingerprint density at radius 1 is 1.04 bits per heavy atom. The predicted octanol–water partition coefficient (Wildman–Crippen LogP) is 4.02. The minimum atomic E-state index is -0.632. The number of hydrogen-bond acceptors (Lipinski definition) is 2. The standard InChI is InChI=1S/C18H14Cl2N2O2/c19-12-3-1-2-11(8-12)6-7-21-18(24)17(23)15-10-22-16-9-13(20)4-5-14(15)16/h1-5,8-10,22H,6-7H2,(H,21,24). The number of carbonyl (C=O) groups is 2. The van der Waals surface area contributed by atoms with Crippen LogP contribution < -0.4 is 5.32 Å². The van der Waals surface area contributed by atoms with Crippen LogP contribution in [0.25, 0.3) is 10.9 Å². The number of Topliss-reactive ketones (excluding diaryl/α,β-unsaturated/α-hetero) is 1. The Morgan fingerprint density at radius 2 is 1.83 bits per heavy atom. The van der Waals surface area contributed by atoms with Crippen LogP contribution >= 0.6 is 23.2 Å². The van der Waals surface area contributed by atoms with Gasteiger partial charge in [-0.3, -0.25) is 9.59 Å². The average Bonchev–Trinajstić information content (AvgIpc) is 2.97. The first-order valence-corrected chi connectivity index (χ1v) is 8.14. The summed E-state index contributed by atoms with van der Waals surface area (Å²) >= 11 is 11.8. The molecule has 0 fully saturated rings. The second-order valence-electron chi connectivity index (χ2n) is 5.36. The van der Waals surface area contributed by atoms with E-state index in [4.69, 9.17) is 23.2 Å². The van der Waals surface area contributed by atoms with E-state index in [0.717, 1.165) is 11.1 Å². The highest BCUT2D eigenvalue weighted by Gasteiger charge is 2.19. The van der Waals surface area contributed by atoms with E-state index in [9.17, 15) is 9.59 Å². The Balaban J connectivity index is 1.65. The summed E-state index contributed by atoms with van der Waals surface area (Å²) in [6.07, 6.45) is 2.13. The highest BCUT2D eigenvalue weighted by atomic mass is 35.5. The Kier molecular flexibility index (Phi) is 4.88. The van der Waals surface area contributed by atoms with Crippen molar-refractivity contribution in [2.24, 2.45) is 0 Å². The number of fused-ring (bicyclic) bond motifs is 1. The molecule has 122 valence electrons. The Labute approximate surface area is 148 Å². The smallest absolute Gasteiger partial charge is 0.292 e. The molecule has 0 bridgehead atoms. The van der Waals surface area contributed by atoms with Crippen LogP contribution in [0.3, 0.4) is 0 Å². The van der Waals surface area contributed by atoms with Crippen LogP contribution in [0.5, 0.6) is 0 Å². The largest absolute Gasteiger partial charge is 0.360 e. The van der Waals surface area contributed by atoms with Crippen molar-refractivity contribution in [3.63, 3.8) is 0 Å². The third-order valence-corrected chi connectivity index (χ3v) is 4.15. The summed E-state index contributed by atoms with van der Waals surface area (Å²) < 4.78 is 0. The topological polar surface area (TPSA) is 62.0 Å². The van der Waals surface area contributed by atoms with Crippen molar-refractivity contribution >= 4 is 45.8 Å². The van der Waals surface area contributed by atoms with Gasteiger partial charge in [-0.05, 0) is 36.2 Å². The molecule has 0 aliphatic rings. The molecule has 0 aliphatic heterocycles. The van der Waals surface area contributed by atoms with Gasteiger partial charge in [-0.25, -0.2) is 0 Å². The molecule has 0 unspecified atom stereocenters. The number of amides is 1. The molecule has 3 aromatic rings. The number of rotatable bonds is 5. The molecule has 24 heavy (non-hydrogen) atoms. The lowest BCUT2D eigenvalue weighted by atomic mass is 10.1. The number of H-pyrrole nitrogens is 1. The maximum Gasteiger partial charge on any atom is 0.292 e. The van der Waals surface area contributed by atoms with Crippen molar-refractivity contribution in [3.05, 3.63) is 69.8 Å². The Hall–Kier alpha value is -2.30. The van der Waals surface area contributed by atoms with Gasteiger partial charge in [0.05, 0.1) is 5.56 Å². The quantitative estimate of drug-likeness (QED) is 0.533. The van der Waals surface area contributed by atoms with Crippen LogP contribution in [0.1, 0.15) is 15.9 Å². The van der Waals surface area contributed by atoms with Crippen molar-refractivity contribution in [2.45, 2.75) is 6.42 Å². The van der Waals surface area contributed by atoms with Crippen molar-refractivity contribution in [2.75, 3.05) is 6.54 Å². The number of aromatic nitrogens is 1. The number of hydrogen-bond donors (Lipinski definition) is 2. The number of benzene rings is 2. The average molecular weight is 361 g/mol. The van der Waals surface area contributed by atoms with E-state index in [1.165, 1.54) is 6.20 Å². The lowest BCUT2D eigenvalue weighted by molar-refractivity contribution is -0.116. The first kappa shape index (κ1) is 16.6. The van der Waals surface area contributed by atoms with E-state index >= 15 is 0 Å². The van der Waals surface area contributed by atoms with Crippen molar-refractivity contribution < 1.29 is 9.59 Å². The number of aromatic amines is 1. The lowest BCUT2D eigenvalue weighted by Crippen LogP contribution is -2.32. The van der Waals surface area contributed by atoms with Gasteiger partial charge in [0.25, 0.3) is 11.7 Å². The number of halogens is 2. The molecular weight excluding hydrogens is 347 g/mol. The normalized spacial score (nSPS) is 10.8. The lowest BCUT2D eigenvalue weighted by Gasteiger charge is -2.05. The van der Waals surface area contributed by atoms with Gasteiger partial charge in [-0.1, -0.05) is 41.4 Å². The van der Waals surface area contributed by atoms with Gasteiger partial charge in [0.15, 0.2) is 0 Å². The van der Waals surface area contributed by atoms with Gasteiger partial charge in [-0.15, -0.1) is 0 Å². The fraction of sp³-hybridized carbons (Fsp3) is 0.111. The fourth-order valence-electron chi connectivity index (χ4n) is 2.50. The van der Waals surface area contributed by atoms with Crippen LogP contribution in [0.15, 0.2) is 48.7 Å². The zero-order valence-electron chi connectivity index (χ0n) is 12.6. The maximum absolute atomic E-state index is 12.3. The highest BCUT2D eigenvalue weighted by Crippen LogP contribution is 2.22. The minimum Gasteiger partial charge on any atom is -0.360 e. The van der Waals surface area contributed by atoms with Gasteiger partial charge >= 0.3 is 0 Å². The monoisotopic (exact) mass is 360 g/mol. The van der Waals surface area contributed by atoms with E-state index in [1.54, 1.807) is 24.3 Å². The molecule has 0 saturated carbocycles. The molecule has 1 amide bonds. The van der Waals surface area contributed by atoms with E-state index < -0.39 is 11.7 Å². The first-order chi connectivity index (χ1) is 11.5. The molecule has 0 spiro atoms. The Morgan fingerprint density at radius 3 is 2.62 bits per heavy atom. The molecule has 0 saturated heterocycles. The molecule has 1 aromatic heterocycles. The highest BCUT2D eigenvalue weighted by molar-refractivity contribution is 6.45. The van der Waals surface area contributed by atoms with Crippen LogP contribution in [0.2, 0.25) is 10.0 Å². The van der Waals surface area contributed by atoms with Crippen LogP contribution in [-0.4, -0.2) is 23.2 Å². The molecule has 0 atom stereocenters. The minimum absolute atomic E-state index is 0.335. The fourth-order valence-corrected chi connectivity index (χ4v) is 2.89. The molecular formula is C18H14Cl2N2O2. The third kappa shape index (κ3) is 3.61. The predicted molar refractivity (Wildman–Crippen MR) is 95.8 cm³/mol. The van der Waals surface area contributed by atoms with E-state index in [-0.39, 0.29) is 0 Å². The summed E-state index contributed by atoms with van der Waals surface area (Å²) in [5.74, 6) is -1.21. The number of ketones is 1. The number of nitrogens with one attached hydrogen (secondary N) is 2. The Bertz CT molecular complexity index is 918. The molecule has 0 radical (unpaired) electrons. The van der Waals surface area contributed by atoms with Crippen molar-refractivity contribution in [1.29, 1.82) is 0 Å². The van der Waals surface area contributed by atoms with Gasteiger partial charge < -0.3 is 10.3 Å². The summed E-state index contributed by atoms with van der Waals surface area (Å²) in [6, 6.07) is 12.5. The van der Waals surface area contributed by atoms with E-state index in [0.29, 0.717) is 34.0 Å². The molecule has 0 aliphatic carbocycles. The number of carbonyl (C=O) groups excluding carboxylic acids is 2. The maximum atomic E-state index is 12.3. The molecule has 2 aromatic carbocycles. The molecule has 6 heteroatoms. The molecule has 1 heterocycles. The first-order valence-electron chi connectivity index (χ1n) is 7.38.